The van der Waals surface area contributed by atoms with Gasteiger partial charge in [0.15, 0.2) is 11.2 Å². The van der Waals surface area contributed by atoms with Gasteiger partial charge in [-0.1, -0.05) is 0 Å². The predicted molar refractivity (Wildman–Crippen MR) is 108 cm³/mol. The van der Waals surface area contributed by atoms with Crippen LogP contribution < -0.4 is 16.6 Å². The molecule has 30 heavy (non-hydrogen) atoms. The van der Waals surface area contributed by atoms with Crippen LogP contribution in [0.1, 0.15) is 32.2 Å². The Balaban J connectivity index is 1.82. The number of fused-ring (bicyclic) bond motifs is 1. The van der Waals surface area contributed by atoms with Crippen molar-refractivity contribution < 1.29 is 15.0 Å². The highest BCUT2D eigenvalue weighted by atomic mass is 16.3. The Hall–Kier alpha value is -2.50. The Bertz CT molecular complexity index is 1090. The zero-order valence-corrected chi connectivity index (χ0v) is 17.4. The molecule has 0 radical (unpaired) electrons. The van der Waals surface area contributed by atoms with Crippen molar-refractivity contribution in [3.63, 3.8) is 0 Å². The molecule has 1 amide bonds. The van der Waals surface area contributed by atoms with Crippen molar-refractivity contribution in [3.8, 4) is 0 Å². The van der Waals surface area contributed by atoms with Gasteiger partial charge in [0.2, 0.25) is 5.91 Å². The summed E-state index contributed by atoms with van der Waals surface area (Å²) in [5, 5.41) is 24.9. The van der Waals surface area contributed by atoms with Gasteiger partial charge in [0, 0.05) is 33.6 Å². The van der Waals surface area contributed by atoms with Gasteiger partial charge in [0.05, 0.1) is 30.1 Å². The molecular weight excluding hydrogens is 392 g/mol. The summed E-state index contributed by atoms with van der Waals surface area (Å²) in [5.74, 6) is -0.126. The van der Waals surface area contributed by atoms with Crippen LogP contribution in [0.5, 0.6) is 0 Å². The summed E-state index contributed by atoms with van der Waals surface area (Å²) >= 11 is 0. The van der Waals surface area contributed by atoms with Crippen LogP contribution in [0.4, 0.5) is 0 Å². The molecule has 0 bridgehead atoms. The van der Waals surface area contributed by atoms with Crippen LogP contribution in [-0.4, -0.2) is 77.1 Å². The Morgan fingerprint density at radius 1 is 1.27 bits per heavy atom. The van der Waals surface area contributed by atoms with Crippen molar-refractivity contribution in [2.45, 2.75) is 50.0 Å². The summed E-state index contributed by atoms with van der Waals surface area (Å²) in [4.78, 5) is 44.0. The van der Waals surface area contributed by atoms with Gasteiger partial charge in [-0.2, -0.15) is 0 Å². The van der Waals surface area contributed by atoms with Gasteiger partial charge >= 0.3 is 5.69 Å². The predicted octanol–water partition coefficient (Wildman–Crippen LogP) is -1.93. The van der Waals surface area contributed by atoms with E-state index in [1.54, 1.807) is 11.8 Å². The van der Waals surface area contributed by atoms with Crippen molar-refractivity contribution in [2.75, 3.05) is 19.6 Å². The highest BCUT2D eigenvalue weighted by Crippen LogP contribution is 2.33. The van der Waals surface area contributed by atoms with Crippen LogP contribution in [0.15, 0.2) is 15.9 Å². The average molecular weight is 420 g/mol. The quantitative estimate of drug-likeness (QED) is 0.515. The molecule has 2 fully saturated rings. The van der Waals surface area contributed by atoms with Gasteiger partial charge < -0.3 is 25.0 Å². The number of aryl methyl sites for hydroxylation is 1. The van der Waals surface area contributed by atoms with Crippen molar-refractivity contribution in [1.29, 1.82) is 0 Å². The molecule has 0 aliphatic carbocycles. The van der Waals surface area contributed by atoms with Crippen LogP contribution in [0, 0.1) is 0 Å². The molecule has 2 aliphatic heterocycles. The second kappa shape index (κ2) is 7.33. The summed E-state index contributed by atoms with van der Waals surface area (Å²) in [7, 11) is 2.91. The highest BCUT2D eigenvalue weighted by molar-refractivity contribution is 5.82. The Morgan fingerprint density at radius 3 is 2.67 bits per heavy atom. The van der Waals surface area contributed by atoms with Crippen molar-refractivity contribution in [1.82, 2.24) is 28.9 Å². The van der Waals surface area contributed by atoms with Crippen molar-refractivity contribution in [3.05, 3.63) is 27.2 Å². The molecule has 2 aliphatic rings. The van der Waals surface area contributed by atoms with Gasteiger partial charge in [0.1, 0.15) is 0 Å². The van der Waals surface area contributed by atoms with Crippen LogP contribution >= 0.6 is 0 Å². The molecule has 4 atom stereocenters. The lowest BCUT2D eigenvalue weighted by Gasteiger charge is -2.34. The molecule has 11 nitrogen and oxygen atoms in total. The zero-order chi connectivity index (χ0) is 21.8. The van der Waals surface area contributed by atoms with Crippen molar-refractivity contribution >= 4 is 17.1 Å². The Labute approximate surface area is 172 Å². The largest absolute Gasteiger partial charge is 0.391 e. The highest BCUT2D eigenvalue weighted by Gasteiger charge is 2.43. The molecule has 0 spiro atoms. The number of amides is 1. The molecule has 0 aromatic carbocycles. The number of β-amino-alcohol motifs (C(OH)–C–C–N with tert-alkyl or cyclic N) is 1. The Morgan fingerprint density at radius 2 is 2.00 bits per heavy atom. The molecule has 4 heterocycles. The smallest absolute Gasteiger partial charge is 0.332 e. The molecule has 2 saturated heterocycles. The number of nitrogens with zero attached hydrogens (tertiary/aromatic N) is 5. The number of aliphatic hydroxyl groups is 2. The third-order valence-electron chi connectivity index (χ3n) is 6.37. The number of carbonyl (C=O) groups excluding carboxylic acids is 1. The van der Waals surface area contributed by atoms with E-state index in [-0.39, 0.29) is 42.6 Å². The number of carbonyl (C=O) groups is 1. The fourth-order valence-corrected chi connectivity index (χ4v) is 4.70. The first-order valence-corrected chi connectivity index (χ1v) is 10.2. The van der Waals surface area contributed by atoms with Crippen LogP contribution in [0.2, 0.25) is 0 Å². The van der Waals surface area contributed by atoms with Gasteiger partial charge in [-0.25, -0.2) is 9.78 Å². The van der Waals surface area contributed by atoms with E-state index < -0.39 is 29.0 Å². The third kappa shape index (κ3) is 3.26. The molecule has 11 heteroatoms. The first kappa shape index (κ1) is 20.8. The minimum absolute atomic E-state index is 0.0330. The number of imidazole rings is 1. The van der Waals surface area contributed by atoms with Crippen LogP contribution in [0.25, 0.3) is 11.2 Å². The van der Waals surface area contributed by atoms with Gasteiger partial charge in [-0.05, 0) is 26.3 Å². The maximum Gasteiger partial charge on any atom is 0.332 e. The summed E-state index contributed by atoms with van der Waals surface area (Å²) < 4.78 is 3.81. The second-order valence-electron chi connectivity index (χ2n) is 8.65. The normalized spacial score (nSPS) is 30.0. The third-order valence-corrected chi connectivity index (χ3v) is 6.37. The second-order valence-corrected chi connectivity index (χ2v) is 8.65. The minimum atomic E-state index is -1.41. The van der Waals surface area contributed by atoms with E-state index in [0.29, 0.717) is 0 Å². The van der Waals surface area contributed by atoms with E-state index in [1.807, 2.05) is 0 Å². The molecule has 0 saturated carbocycles. The molecule has 164 valence electrons. The SMILES string of the molecule is Cn1c(=O)c2c(ncn2[C@H]2CN(C(=O)[C@@H]3CCCN3)C[C@H](O)C[C@]2(C)O)n(C)c1=O. The van der Waals surface area contributed by atoms with Crippen LogP contribution in [0.3, 0.4) is 0 Å². The van der Waals surface area contributed by atoms with Crippen molar-refractivity contribution in [2.24, 2.45) is 14.1 Å². The number of nitrogens with one attached hydrogen (secondary N) is 1. The van der Waals surface area contributed by atoms with Gasteiger partial charge in [-0.15, -0.1) is 0 Å². The topological polar surface area (TPSA) is 135 Å². The van der Waals surface area contributed by atoms with E-state index in [9.17, 15) is 24.6 Å². The van der Waals surface area contributed by atoms with E-state index in [2.05, 4.69) is 10.3 Å². The number of likely N-dealkylation sites (tertiary alicyclic amines) is 1. The first-order valence-electron chi connectivity index (χ1n) is 10.2. The molecule has 2 aromatic rings. The monoisotopic (exact) mass is 420 g/mol. The molecule has 3 N–H and O–H groups in total. The summed E-state index contributed by atoms with van der Waals surface area (Å²) in [5.41, 5.74) is -2.05. The lowest BCUT2D eigenvalue weighted by Crippen LogP contribution is -2.48. The number of hydrogen-bond acceptors (Lipinski definition) is 7. The zero-order valence-electron chi connectivity index (χ0n) is 17.4. The number of aromatic nitrogens is 4. The van der Waals surface area contributed by atoms with E-state index >= 15 is 0 Å². The number of aliphatic hydroxyl groups excluding tert-OH is 1. The lowest BCUT2D eigenvalue weighted by molar-refractivity contribution is -0.134. The van der Waals surface area contributed by atoms with Gasteiger partial charge in [-0.3, -0.25) is 18.7 Å². The van der Waals surface area contributed by atoms with E-state index in [4.69, 9.17) is 0 Å². The summed E-state index contributed by atoms with van der Waals surface area (Å²) in [6.07, 6.45) is 2.18. The van der Waals surface area contributed by atoms with E-state index in [1.165, 1.54) is 29.6 Å². The maximum atomic E-state index is 13.0. The summed E-state index contributed by atoms with van der Waals surface area (Å²) in [6, 6.07) is -1.04. The van der Waals surface area contributed by atoms with Gasteiger partial charge in [0.25, 0.3) is 5.56 Å². The molecule has 0 unspecified atom stereocenters. The fourth-order valence-electron chi connectivity index (χ4n) is 4.70. The lowest BCUT2D eigenvalue weighted by atomic mass is 9.91. The molecular formula is C19H28N6O5. The summed E-state index contributed by atoms with van der Waals surface area (Å²) in [6.45, 7) is 2.57. The Kier molecular flexibility index (Phi) is 5.07. The number of rotatable bonds is 2. The average Bonchev–Trinajstić information content (AvgIpc) is 3.34. The maximum absolute atomic E-state index is 13.0. The standard InChI is InChI=1S/C19H28N6O5/c1-19(30)7-11(26)8-24(16(27)12-5-4-6-20-12)9-13(19)25-10-21-15-14(25)17(28)23(3)18(29)22(15)2/h10-13,20,26,30H,4-9H2,1-3H3/t11-,12+,13+,19+/m1/s1. The molecule has 4 rings (SSSR count). The number of hydrogen-bond donors (Lipinski definition) is 3. The minimum Gasteiger partial charge on any atom is -0.391 e. The molecule has 2 aromatic heterocycles. The van der Waals surface area contributed by atoms with E-state index in [0.717, 1.165) is 24.0 Å². The first-order chi connectivity index (χ1) is 14.1. The van der Waals surface area contributed by atoms with Crippen LogP contribution in [-0.2, 0) is 18.9 Å². The fraction of sp³-hybridized carbons (Fsp3) is 0.684.